The maximum atomic E-state index is 5.91. The van der Waals surface area contributed by atoms with Crippen molar-refractivity contribution in [3.63, 3.8) is 0 Å². The number of hydrogen-bond donors (Lipinski definition) is 1. The van der Waals surface area contributed by atoms with Crippen LogP contribution in [0.2, 0.25) is 0 Å². The van der Waals surface area contributed by atoms with Gasteiger partial charge in [0.05, 0.1) is 18.4 Å². The minimum atomic E-state index is 0.122. The van der Waals surface area contributed by atoms with Crippen LogP contribution in [-0.2, 0) is 4.74 Å². The summed E-state index contributed by atoms with van der Waals surface area (Å²) in [7, 11) is 1.71. The summed E-state index contributed by atoms with van der Waals surface area (Å²) in [5.74, 6) is 0.748. The fourth-order valence-corrected chi connectivity index (χ4v) is 1.75. The van der Waals surface area contributed by atoms with Gasteiger partial charge in [0.15, 0.2) is 0 Å². The quantitative estimate of drug-likeness (QED) is 0.758. The molecule has 1 rings (SSSR count). The van der Waals surface area contributed by atoms with E-state index in [-0.39, 0.29) is 6.10 Å². The van der Waals surface area contributed by atoms with Crippen molar-refractivity contribution < 1.29 is 9.47 Å². The van der Waals surface area contributed by atoms with Gasteiger partial charge in [-0.25, -0.2) is 0 Å². The van der Waals surface area contributed by atoms with Gasteiger partial charge in [0.25, 0.3) is 0 Å². The Morgan fingerprint density at radius 1 is 1.33 bits per heavy atom. The third kappa shape index (κ3) is 4.11. The molecule has 4 nitrogen and oxygen atoms in total. The molecule has 0 aliphatic rings. The minimum Gasteiger partial charge on any atom is -0.489 e. The van der Waals surface area contributed by atoms with Crippen molar-refractivity contribution in [3.05, 3.63) is 18.2 Å². The van der Waals surface area contributed by atoms with E-state index in [1.54, 1.807) is 7.11 Å². The number of likely N-dealkylation sites (N-methyl/N-ethyl adjacent to an activating group) is 1. The van der Waals surface area contributed by atoms with Gasteiger partial charge in [0, 0.05) is 32.0 Å². The number of ether oxygens (including phenoxy) is 2. The molecule has 0 amide bonds. The van der Waals surface area contributed by atoms with Crippen molar-refractivity contribution in [2.45, 2.75) is 26.9 Å². The highest BCUT2D eigenvalue weighted by molar-refractivity contribution is 5.62. The molecule has 4 heteroatoms. The second-order valence-electron chi connectivity index (χ2n) is 4.46. The smallest absolute Gasteiger partial charge is 0.144 e. The monoisotopic (exact) mass is 252 g/mol. The van der Waals surface area contributed by atoms with Gasteiger partial charge in [-0.3, -0.25) is 0 Å². The van der Waals surface area contributed by atoms with E-state index >= 15 is 0 Å². The number of anilines is 2. The second-order valence-corrected chi connectivity index (χ2v) is 4.46. The molecule has 0 spiro atoms. The minimum absolute atomic E-state index is 0.122. The van der Waals surface area contributed by atoms with Crippen molar-refractivity contribution in [3.8, 4) is 5.75 Å². The van der Waals surface area contributed by atoms with E-state index < -0.39 is 0 Å². The first kappa shape index (κ1) is 14.6. The molecule has 0 saturated carbocycles. The molecule has 0 atom stereocenters. The van der Waals surface area contributed by atoms with Gasteiger partial charge in [0.2, 0.25) is 0 Å². The third-order valence-electron chi connectivity index (χ3n) is 2.67. The van der Waals surface area contributed by atoms with Gasteiger partial charge >= 0.3 is 0 Å². The molecule has 1 aromatic rings. The Balaban J connectivity index is 2.87. The van der Waals surface area contributed by atoms with Crippen LogP contribution < -0.4 is 15.4 Å². The highest BCUT2D eigenvalue weighted by atomic mass is 16.5. The normalized spacial score (nSPS) is 10.7. The van der Waals surface area contributed by atoms with Crippen LogP contribution in [0.1, 0.15) is 20.8 Å². The Morgan fingerprint density at radius 2 is 2.06 bits per heavy atom. The van der Waals surface area contributed by atoms with Gasteiger partial charge in [-0.05, 0) is 32.9 Å². The summed E-state index contributed by atoms with van der Waals surface area (Å²) in [5, 5.41) is 0. The molecule has 1 aromatic carbocycles. The van der Waals surface area contributed by atoms with E-state index in [1.807, 2.05) is 32.0 Å². The van der Waals surface area contributed by atoms with E-state index in [1.165, 1.54) is 0 Å². The van der Waals surface area contributed by atoms with E-state index in [2.05, 4.69) is 11.8 Å². The highest BCUT2D eigenvalue weighted by Gasteiger charge is 2.09. The van der Waals surface area contributed by atoms with E-state index in [9.17, 15) is 0 Å². The van der Waals surface area contributed by atoms with Crippen LogP contribution in [0, 0.1) is 0 Å². The van der Waals surface area contributed by atoms with Crippen molar-refractivity contribution >= 4 is 11.4 Å². The third-order valence-corrected chi connectivity index (χ3v) is 2.67. The zero-order valence-electron chi connectivity index (χ0n) is 11.8. The summed E-state index contributed by atoms with van der Waals surface area (Å²) in [6, 6.07) is 5.90. The molecule has 0 fully saturated rings. The maximum absolute atomic E-state index is 5.91. The van der Waals surface area contributed by atoms with Crippen molar-refractivity contribution in [1.29, 1.82) is 0 Å². The molecule has 0 aromatic heterocycles. The number of nitrogens with zero attached hydrogens (tertiary/aromatic N) is 1. The van der Waals surface area contributed by atoms with Crippen LogP contribution in [0.4, 0.5) is 11.4 Å². The molecular weight excluding hydrogens is 228 g/mol. The SMILES string of the molecule is CCN(CCOC)c1ccc(N)c(OC(C)C)c1. The molecule has 0 saturated heterocycles. The molecule has 0 aliphatic carbocycles. The lowest BCUT2D eigenvalue weighted by Crippen LogP contribution is -2.26. The van der Waals surface area contributed by atoms with Gasteiger partial charge in [-0.1, -0.05) is 0 Å². The molecule has 0 heterocycles. The molecular formula is C14H24N2O2. The van der Waals surface area contributed by atoms with Gasteiger partial charge in [0.1, 0.15) is 5.75 Å². The van der Waals surface area contributed by atoms with E-state index in [0.717, 1.165) is 24.5 Å². The van der Waals surface area contributed by atoms with Crippen LogP contribution in [0.15, 0.2) is 18.2 Å². The van der Waals surface area contributed by atoms with Crippen LogP contribution in [0.3, 0.4) is 0 Å². The lowest BCUT2D eigenvalue weighted by atomic mass is 10.2. The van der Waals surface area contributed by atoms with E-state index in [0.29, 0.717) is 12.3 Å². The number of nitrogen functional groups attached to an aromatic ring is 1. The number of hydrogen-bond acceptors (Lipinski definition) is 4. The Kier molecular flexibility index (Phi) is 5.78. The highest BCUT2D eigenvalue weighted by Crippen LogP contribution is 2.28. The molecule has 0 bridgehead atoms. The van der Waals surface area contributed by atoms with Crippen LogP contribution in [0.5, 0.6) is 5.75 Å². The van der Waals surface area contributed by atoms with Crippen LogP contribution >= 0.6 is 0 Å². The van der Waals surface area contributed by atoms with Gasteiger partial charge < -0.3 is 20.1 Å². The molecule has 102 valence electrons. The molecule has 2 N–H and O–H groups in total. The van der Waals surface area contributed by atoms with Gasteiger partial charge in [-0.2, -0.15) is 0 Å². The topological polar surface area (TPSA) is 47.7 Å². The Bertz CT molecular complexity index is 367. The number of nitrogens with two attached hydrogens (primary N) is 1. The Hall–Kier alpha value is -1.42. The Morgan fingerprint density at radius 3 is 2.61 bits per heavy atom. The summed E-state index contributed by atoms with van der Waals surface area (Å²) in [5.41, 5.74) is 7.70. The second kappa shape index (κ2) is 7.11. The molecule has 18 heavy (non-hydrogen) atoms. The van der Waals surface area contributed by atoms with Crippen molar-refractivity contribution in [2.24, 2.45) is 0 Å². The Labute approximate surface area is 110 Å². The lowest BCUT2D eigenvalue weighted by molar-refractivity contribution is 0.205. The number of benzene rings is 1. The predicted molar refractivity (Wildman–Crippen MR) is 76.4 cm³/mol. The largest absolute Gasteiger partial charge is 0.489 e. The zero-order valence-corrected chi connectivity index (χ0v) is 11.8. The molecule has 0 aliphatic heterocycles. The van der Waals surface area contributed by atoms with E-state index in [4.69, 9.17) is 15.2 Å². The molecule has 0 radical (unpaired) electrons. The summed E-state index contributed by atoms with van der Waals surface area (Å²) in [6.07, 6.45) is 0.122. The van der Waals surface area contributed by atoms with Crippen LogP contribution in [-0.4, -0.2) is 32.9 Å². The maximum Gasteiger partial charge on any atom is 0.144 e. The average Bonchev–Trinajstić information content (AvgIpc) is 2.33. The standard InChI is InChI=1S/C14H24N2O2/c1-5-16(8-9-17-4)12-6-7-13(15)14(10-12)18-11(2)3/h6-7,10-11H,5,8-9,15H2,1-4H3. The fraction of sp³-hybridized carbons (Fsp3) is 0.571. The first-order valence-electron chi connectivity index (χ1n) is 6.38. The average molecular weight is 252 g/mol. The summed E-state index contributed by atoms with van der Waals surface area (Å²) >= 11 is 0. The number of methoxy groups -OCH3 is 1. The van der Waals surface area contributed by atoms with Crippen molar-refractivity contribution in [2.75, 3.05) is 37.4 Å². The molecule has 0 unspecified atom stereocenters. The number of rotatable bonds is 7. The summed E-state index contributed by atoms with van der Waals surface area (Å²) in [4.78, 5) is 2.23. The first-order chi connectivity index (χ1) is 8.58. The first-order valence-corrected chi connectivity index (χ1v) is 6.38. The van der Waals surface area contributed by atoms with Crippen LogP contribution in [0.25, 0.3) is 0 Å². The zero-order chi connectivity index (χ0) is 13.5. The van der Waals surface area contributed by atoms with Crippen molar-refractivity contribution in [1.82, 2.24) is 0 Å². The summed E-state index contributed by atoms with van der Waals surface area (Å²) in [6.45, 7) is 8.60. The fourth-order valence-electron chi connectivity index (χ4n) is 1.75. The summed E-state index contributed by atoms with van der Waals surface area (Å²) < 4.78 is 10.8. The van der Waals surface area contributed by atoms with Gasteiger partial charge in [-0.15, -0.1) is 0 Å². The predicted octanol–water partition coefficient (Wildman–Crippen LogP) is 2.53. The lowest BCUT2D eigenvalue weighted by Gasteiger charge is -2.24.